The molecule has 0 spiro atoms. The highest BCUT2D eigenvalue weighted by molar-refractivity contribution is 7.91. The average molecular weight is 437 g/mol. The topological polar surface area (TPSA) is 58.4 Å². The first-order valence-electron chi connectivity index (χ1n) is 9.02. The molecule has 4 rings (SSSR count). The van der Waals surface area contributed by atoms with E-state index in [1.165, 1.54) is 11.3 Å². The summed E-state index contributed by atoms with van der Waals surface area (Å²) in [7, 11) is -3.38. The van der Waals surface area contributed by atoms with Gasteiger partial charge in [-0.2, -0.15) is 9.40 Å². The first-order chi connectivity index (χ1) is 13.5. The van der Waals surface area contributed by atoms with Crippen LogP contribution in [-0.2, 0) is 16.6 Å². The lowest BCUT2D eigenvalue weighted by Gasteiger charge is -2.33. The predicted molar refractivity (Wildman–Crippen MR) is 112 cm³/mol. The molecule has 1 aliphatic heterocycles. The van der Waals surface area contributed by atoms with Crippen molar-refractivity contribution in [1.82, 2.24) is 19.0 Å². The summed E-state index contributed by atoms with van der Waals surface area (Å²) in [6.07, 6.45) is 0. The molecule has 1 aromatic carbocycles. The van der Waals surface area contributed by atoms with Crippen LogP contribution in [0.1, 0.15) is 11.3 Å². The first-order valence-corrected chi connectivity index (χ1v) is 11.7. The number of para-hydroxylation sites is 1. The lowest BCUT2D eigenvalue weighted by atomic mass is 10.2. The summed E-state index contributed by atoms with van der Waals surface area (Å²) in [4.78, 5) is 2.23. The summed E-state index contributed by atoms with van der Waals surface area (Å²) in [5.41, 5.74) is 2.80. The molecule has 0 atom stereocenters. The van der Waals surface area contributed by atoms with Gasteiger partial charge in [0.15, 0.2) is 0 Å². The molecule has 9 heteroatoms. The van der Waals surface area contributed by atoms with Crippen molar-refractivity contribution in [1.29, 1.82) is 0 Å². The number of hydrogen-bond acceptors (Lipinski definition) is 5. The molecule has 0 bridgehead atoms. The maximum Gasteiger partial charge on any atom is 0.252 e. The number of sulfonamides is 1. The molecule has 0 N–H and O–H groups in total. The van der Waals surface area contributed by atoms with Crippen LogP contribution < -0.4 is 0 Å². The maximum atomic E-state index is 12.7. The lowest BCUT2D eigenvalue weighted by molar-refractivity contribution is 0.181. The van der Waals surface area contributed by atoms with E-state index in [0.717, 1.165) is 16.9 Å². The standard InChI is InChI=1S/C19H21ClN4O2S2/c1-15-17(19(20)24(21-15)16-6-3-2-4-7-16)14-22-9-11-23(12-10-22)28(25,26)18-8-5-13-27-18/h2-8,13H,9-12,14H2,1H3. The molecule has 28 heavy (non-hydrogen) atoms. The van der Waals surface area contributed by atoms with Crippen LogP contribution in [-0.4, -0.2) is 53.6 Å². The third-order valence-electron chi connectivity index (χ3n) is 4.92. The summed E-state index contributed by atoms with van der Waals surface area (Å²) >= 11 is 7.88. The molecule has 0 aliphatic carbocycles. The van der Waals surface area contributed by atoms with E-state index in [4.69, 9.17) is 11.6 Å². The second-order valence-corrected chi connectivity index (χ2v) is 10.2. The van der Waals surface area contributed by atoms with Gasteiger partial charge in [0.25, 0.3) is 10.0 Å². The van der Waals surface area contributed by atoms with Crippen molar-refractivity contribution in [3.8, 4) is 5.69 Å². The third-order valence-corrected chi connectivity index (χ3v) is 8.58. The number of halogens is 1. The Morgan fingerprint density at radius 3 is 2.43 bits per heavy atom. The van der Waals surface area contributed by atoms with Gasteiger partial charge in [-0.3, -0.25) is 4.90 Å². The molecular formula is C19H21ClN4O2S2. The van der Waals surface area contributed by atoms with E-state index in [1.807, 2.05) is 37.3 Å². The Morgan fingerprint density at radius 2 is 1.79 bits per heavy atom. The van der Waals surface area contributed by atoms with Crippen molar-refractivity contribution in [3.05, 3.63) is 64.3 Å². The fraction of sp³-hybridized carbons (Fsp3) is 0.316. The third kappa shape index (κ3) is 3.75. The van der Waals surface area contributed by atoms with E-state index >= 15 is 0 Å². The van der Waals surface area contributed by atoms with Crippen LogP contribution in [0.2, 0.25) is 5.15 Å². The monoisotopic (exact) mass is 436 g/mol. The minimum absolute atomic E-state index is 0.406. The number of aromatic nitrogens is 2. The van der Waals surface area contributed by atoms with Crippen molar-refractivity contribution < 1.29 is 8.42 Å². The van der Waals surface area contributed by atoms with Crippen LogP contribution in [0.5, 0.6) is 0 Å². The minimum atomic E-state index is -3.38. The molecule has 3 aromatic rings. The predicted octanol–water partition coefficient (Wildman–Crippen LogP) is 3.40. The number of rotatable bonds is 5. The molecule has 1 aliphatic rings. The molecule has 3 heterocycles. The van der Waals surface area contributed by atoms with Crippen LogP contribution in [0.3, 0.4) is 0 Å². The highest BCUT2D eigenvalue weighted by Crippen LogP contribution is 2.26. The van der Waals surface area contributed by atoms with E-state index < -0.39 is 10.0 Å². The van der Waals surface area contributed by atoms with Crippen molar-refractivity contribution in [3.63, 3.8) is 0 Å². The van der Waals surface area contributed by atoms with Gasteiger partial charge in [-0.25, -0.2) is 13.1 Å². The van der Waals surface area contributed by atoms with Gasteiger partial charge >= 0.3 is 0 Å². The van der Waals surface area contributed by atoms with Crippen LogP contribution in [0.15, 0.2) is 52.1 Å². The molecule has 0 saturated carbocycles. The first kappa shape index (κ1) is 19.6. The number of benzene rings is 1. The molecule has 1 saturated heterocycles. The Kier molecular flexibility index (Phi) is 5.57. The normalized spacial score (nSPS) is 16.5. The highest BCUT2D eigenvalue weighted by atomic mass is 35.5. The van der Waals surface area contributed by atoms with E-state index in [0.29, 0.717) is 42.1 Å². The molecular weight excluding hydrogens is 416 g/mol. The van der Waals surface area contributed by atoms with Gasteiger partial charge in [-0.05, 0) is 30.5 Å². The number of thiophene rings is 1. The Balaban J connectivity index is 1.45. The van der Waals surface area contributed by atoms with E-state index in [1.54, 1.807) is 26.5 Å². The summed E-state index contributed by atoms with van der Waals surface area (Å²) < 4.78 is 29.1. The lowest BCUT2D eigenvalue weighted by Crippen LogP contribution is -2.48. The molecule has 0 unspecified atom stereocenters. The summed E-state index contributed by atoms with van der Waals surface area (Å²) in [6.45, 7) is 4.89. The van der Waals surface area contributed by atoms with Gasteiger partial charge in [0.05, 0.1) is 11.4 Å². The zero-order valence-corrected chi connectivity index (χ0v) is 17.8. The number of hydrogen-bond donors (Lipinski definition) is 0. The van der Waals surface area contributed by atoms with E-state index in [2.05, 4.69) is 10.00 Å². The van der Waals surface area contributed by atoms with E-state index in [9.17, 15) is 8.42 Å². The second kappa shape index (κ2) is 7.96. The molecule has 148 valence electrons. The van der Waals surface area contributed by atoms with Gasteiger partial charge < -0.3 is 0 Å². The second-order valence-electron chi connectivity index (χ2n) is 6.71. The Bertz CT molecular complexity index is 1040. The van der Waals surface area contributed by atoms with Gasteiger partial charge in [0.1, 0.15) is 9.36 Å². The van der Waals surface area contributed by atoms with Crippen LogP contribution >= 0.6 is 22.9 Å². The van der Waals surface area contributed by atoms with Crippen molar-refractivity contribution in [2.45, 2.75) is 17.7 Å². The highest BCUT2D eigenvalue weighted by Gasteiger charge is 2.30. The summed E-state index contributed by atoms with van der Waals surface area (Å²) in [5, 5.41) is 6.99. The van der Waals surface area contributed by atoms with Crippen LogP contribution in [0, 0.1) is 6.92 Å². The minimum Gasteiger partial charge on any atom is -0.296 e. The van der Waals surface area contributed by atoms with Crippen molar-refractivity contribution in [2.75, 3.05) is 26.2 Å². The van der Waals surface area contributed by atoms with Crippen LogP contribution in [0.25, 0.3) is 5.69 Å². The Hall–Kier alpha value is -1.71. The Labute approximate surface area is 174 Å². The zero-order valence-electron chi connectivity index (χ0n) is 15.5. The van der Waals surface area contributed by atoms with Crippen molar-refractivity contribution >= 4 is 33.0 Å². The summed E-state index contributed by atoms with van der Waals surface area (Å²) in [5.74, 6) is 0. The number of nitrogens with zero attached hydrogens (tertiary/aromatic N) is 4. The fourth-order valence-electron chi connectivity index (χ4n) is 3.34. The van der Waals surface area contributed by atoms with Gasteiger partial charge in [0.2, 0.25) is 0 Å². The maximum absolute atomic E-state index is 12.7. The smallest absolute Gasteiger partial charge is 0.252 e. The van der Waals surface area contributed by atoms with Gasteiger partial charge in [0, 0.05) is 38.3 Å². The molecule has 0 amide bonds. The fourth-order valence-corrected chi connectivity index (χ4v) is 6.24. The molecule has 6 nitrogen and oxygen atoms in total. The van der Waals surface area contributed by atoms with Gasteiger partial charge in [-0.1, -0.05) is 35.9 Å². The van der Waals surface area contributed by atoms with Crippen molar-refractivity contribution in [2.24, 2.45) is 0 Å². The summed E-state index contributed by atoms with van der Waals surface area (Å²) in [6, 6.07) is 13.2. The number of aryl methyl sites for hydroxylation is 1. The largest absolute Gasteiger partial charge is 0.296 e. The molecule has 2 aromatic heterocycles. The SMILES string of the molecule is Cc1nn(-c2ccccc2)c(Cl)c1CN1CCN(S(=O)(=O)c2cccs2)CC1. The quantitative estimate of drug-likeness (QED) is 0.615. The van der Waals surface area contributed by atoms with E-state index in [-0.39, 0.29) is 0 Å². The Morgan fingerprint density at radius 1 is 1.07 bits per heavy atom. The van der Waals surface area contributed by atoms with Gasteiger partial charge in [-0.15, -0.1) is 11.3 Å². The molecule has 0 radical (unpaired) electrons. The zero-order chi connectivity index (χ0) is 19.7. The average Bonchev–Trinajstić information content (AvgIpc) is 3.34. The number of piperazine rings is 1. The molecule has 1 fully saturated rings. The van der Waals surface area contributed by atoms with Crippen LogP contribution in [0.4, 0.5) is 0 Å².